The SMILES string of the molecule is O=C(O)COc1ccc(-c2c3ccccc3cc3sc4ccccc4c23)cc1I. The van der Waals surface area contributed by atoms with E-state index in [0.717, 1.165) is 9.13 Å². The molecule has 0 radical (unpaired) electrons. The molecule has 0 aliphatic rings. The molecule has 0 atom stereocenters. The van der Waals surface area contributed by atoms with Gasteiger partial charge in [-0.15, -0.1) is 11.3 Å². The van der Waals surface area contributed by atoms with Crippen LogP contribution in [0.2, 0.25) is 0 Å². The van der Waals surface area contributed by atoms with Crippen molar-refractivity contribution in [1.29, 1.82) is 0 Å². The van der Waals surface area contributed by atoms with E-state index in [0.29, 0.717) is 5.75 Å². The molecule has 29 heavy (non-hydrogen) atoms. The molecule has 0 bridgehead atoms. The Labute approximate surface area is 184 Å². The Hall–Kier alpha value is -2.64. The molecule has 0 saturated carbocycles. The van der Waals surface area contributed by atoms with Crippen molar-refractivity contribution in [2.24, 2.45) is 0 Å². The van der Waals surface area contributed by atoms with Gasteiger partial charge < -0.3 is 9.84 Å². The predicted octanol–water partition coefficient (Wildman–Crippen LogP) is 6.94. The molecule has 4 aromatic carbocycles. The first kappa shape index (κ1) is 18.4. The lowest BCUT2D eigenvalue weighted by molar-refractivity contribution is -0.139. The second-order valence-corrected chi connectivity index (χ2v) is 9.02. The Morgan fingerprint density at radius 1 is 0.931 bits per heavy atom. The summed E-state index contributed by atoms with van der Waals surface area (Å²) < 4.78 is 8.84. The molecule has 0 amide bonds. The Kier molecular flexibility index (Phi) is 4.64. The molecule has 0 aliphatic heterocycles. The molecule has 5 heteroatoms. The maximum absolute atomic E-state index is 10.8. The summed E-state index contributed by atoms with van der Waals surface area (Å²) in [4.78, 5) is 10.8. The zero-order valence-electron chi connectivity index (χ0n) is 15.2. The van der Waals surface area contributed by atoms with Crippen LogP contribution in [0.3, 0.4) is 0 Å². The van der Waals surface area contributed by atoms with Crippen molar-refractivity contribution in [3.05, 3.63) is 76.4 Å². The number of hydrogen-bond donors (Lipinski definition) is 1. The number of benzene rings is 4. The van der Waals surface area contributed by atoms with E-state index in [4.69, 9.17) is 9.84 Å². The molecule has 1 aromatic heterocycles. The summed E-state index contributed by atoms with van der Waals surface area (Å²) in [5, 5.41) is 13.8. The Morgan fingerprint density at radius 2 is 1.69 bits per heavy atom. The minimum atomic E-state index is -0.981. The number of ether oxygens (including phenoxy) is 1. The number of aliphatic carboxylic acids is 1. The van der Waals surface area contributed by atoms with E-state index >= 15 is 0 Å². The minimum Gasteiger partial charge on any atom is -0.481 e. The van der Waals surface area contributed by atoms with Crippen LogP contribution in [0.15, 0.2) is 72.8 Å². The van der Waals surface area contributed by atoms with Gasteiger partial charge in [0.2, 0.25) is 0 Å². The summed E-state index contributed by atoms with van der Waals surface area (Å²) in [6.07, 6.45) is 0. The number of fused-ring (bicyclic) bond motifs is 4. The first-order valence-electron chi connectivity index (χ1n) is 9.09. The molecule has 0 saturated heterocycles. The summed E-state index contributed by atoms with van der Waals surface area (Å²) in [5.74, 6) is -0.395. The van der Waals surface area contributed by atoms with E-state index < -0.39 is 5.97 Å². The monoisotopic (exact) mass is 510 g/mol. The van der Waals surface area contributed by atoms with Crippen LogP contribution in [0.4, 0.5) is 0 Å². The molecule has 5 aromatic rings. The maximum Gasteiger partial charge on any atom is 0.341 e. The van der Waals surface area contributed by atoms with Gasteiger partial charge in [-0.05, 0) is 68.8 Å². The third-order valence-corrected chi connectivity index (χ3v) is 6.92. The average Bonchev–Trinajstić information content (AvgIpc) is 3.09. The molecule has 1 heterocycles. The Balaban J connectivity index is 1.80. The van der Waals surface area contributed by atoms with Crippen LogP contribution in [0, 0.1) is 3.57 Å². The lowest BCUT2D eigenvalue weighted by atomic mass is 9.93. The van der Waals surface area contributed by atoms with Crippen LogP contribution >= 0.6 is 33.9 Å². The van der Waals surface area contributed by atoms with E-state index in [1.54, 1.807) is 0 Å². The van der Waals surface area contributed by atoms with Crippen LogP contribution in [-0.2, 0) is 4.79 Å². The quantitative estimate of drug-likeness (QED) is 0.267. The molecule has 1 N–H and O–H groups in total. The Morgan fingerprint density at radius 3 is 2.48 bits per heavy atom. The van der Waals surface area contributed by atoms with E-state index in [-0.39, 0.29) is 6.61 Å². The number of hydrogen-bond acceptors (Lipinski definition) is 3. The number of halogens is 1. The Bertz CT molecular complexity index is 1400. The van der Waals surface area contributed by atoms with Crippen LogP contribution in [0.5, 0.6) is 5.75 Å². The highest BCUT2D eigenvalue weighted by atomic mass is 127. The number of carboxylic acids is 1. The van der Waals surface area contributed by atoms with Gasteiger partial charge >= 0.3 is 5.97 Å². The fourth-order valence-corrected chi connectivity index (χ4v) is 5.60. The topological polar surface area (TPSA) is 46.5 Å². The maximum atomic E-state index is 10.8. The van der Waals surface area contributed by atoms with Crippen molar-refractivity contribution < 1.29 is 14.6 Å². The number of thiophene rings is 1. The second-order valence-electron chi connectivity index (χ2n) is 6.77. The van der Waals surface area contributed by atoms with Gasteiger partial charge in [0.25, 0.3) is 0 Å². The molecule has 5 rings (SSSR count). The van der Waals surface area contributed by atoms with Crippen molar-refractivity contribution in [3.8, 4) is 16.9 Å². The predicted molar refractivity (Wildman–Crippen MR) is 128 cm³/mol. The molecule has 0 unspecified atom stereocenters. The van der Waals surface area contributed by atoms with E-state index in [1.165, 1.54) is 36.5 Å². The second kappa shape index (κ2) is 7.31. The zero-order valence-corrected chi connectivity index (χ0v) is 18.2. The lowest BCUT2D eigenvalue weighted by Gasteiger charge is -2.13. The van der Waals surface area contributed by atoms with Crippen LogP contribution in [-0.4, -0.2) is 17.7 Å². The van der Waals surface area contributed by atoms with Crippen LogP contribution < -0.4 is 4.74 Å². The number of carboxylic acid groups (broad SMARTS) is 1. The third kappa shape index (κ3) is 3.24. The first-order valence-corrected chi connectivity index (χ1v) is 11.0. The molecule has 142 valence electrons. The zero-order chi connectivity index (χ0) is 20.0. The van der Waals surface area contributed by atoms with Gasteiger partial charge in [-0.1, -0.05) is 48.5 Å². The molecule has 3 nitrogen and oxygen atoms in total. The van der Waals surface area contributed by atoms with Crippen LogP contribution in [0.1, 0.15) is 0 Å². The third-order valence-electron chi connectivity index (χ3n) is 4.96. The highest BCUT2D eigenvalue weighted by Crippen LogP contribution is 2.44. The van der Waals surface area contributed by atoms with E-state index in [2.05, 4.69) is 83.3 Å². The normalized spacial score (nSPS) is 11.3. The summed E-state index contributed by atoms with van der Waals surface area (Å²) in [6.45, 7) is -0.344. The van der Waals surface area contributed by atoms with Crippen molar-refractivity contribution in [2.75, 3.05) is 6.61 Å². The standard InChI is InChI=1S/C24H15IO3S/c25-18-11-15(9-10-19(18)28-13-22(26)27)23-16-6-2-1-5-14(16)12-21-24(23)17-7-3-4-8-20(17)29-21/h1-12H,13H2,(H,26,27). The molecule has 0 aliphatic carbocycles. The van der Waals surface area contributed by atoms with Crippen molar-refractivity contribution in [1.82, 2.24) is 0 Å². The van der Waals surface area contributed by atoms with Gasteiger partial charge in [-0.3, -0.25) is 0 Å². The average molecular weight is 510 g/mol. The number of carbonyl (C=O) groups is 1. The largest absolute Gasteiger partial charge is 0.481 e. The summed E-state index contributed by atoms with van der Waals surface area (Å²) >= 11 is 4.02. The first-order chi connectivity index (χ1) is 14.1. The molecule has 0 spiro atoms. The van der Waals surface area contributed by atoms with Crippen molar-refractivity contribution >= 4 is 70.8 Å². The summed E-state index contributed by atoms with van der Waals surface area (Å²) in [6, 6.07) is 25.2. The molecule has 0 fully saturated rings. The van der Waals surface area contributed by atoms with E-state index in [1.807, 2.05) is 23.5 Å². The lowest BCUT2D eigenvalue weighted by Crippen LogP contribution is -2.10. The van der Waals surface area contributed by atoms with Gasteiger partial charge in [0.05, 0.1) is 3.57 Å². The van der Waals surface area contributed by atoms with E-state index in [9.17, 15) is 4.79 Å². The van der Waals surface area contributed by atoms with Gasteiger partial charge in [-0.2, -0.15) is 0 Å². The minimum absolute atomic E-state index is 0.344. The molecular weight excluding hydrogens is 495 g/mol. The summed E-state index contributed by atoms with van der Waals surface area (Å²) in [5.41, 5.74) is 2.31. The number of rotatable bonds is 4. The van der Waals surface area contributed by atoms with Crippen molar-refractivity contribution in [3.63, 3.8) is 0 Å². The summed E-state index contributed by atoms with van der Waals surface area (Å²) in [7, 11) is 0. The van der Waals surface area contributed by atoms with Gasteiger partial charge in [0, 0.05) is 20.2 Å². The van der Waals surface area contributed by atoms with Gasteiger partial charge in [-0.25, -0.2) is 4.79 Å². The highest BCUT2D eigenvalue weighted by Gasteiger charge is 2.16. The van der Waals surface area contributed by atoms with Crippen LogP contribution in [0.25, 0.3) is 42.1 Å². The molecular formula is C24H15IO3S. The smallest absolute Gasteiger partial charge is 0.341 e. The fraction of sp³-hybridized carbons (Fsp3) is 0.0417. The van der Waals surface area contributed by atoms with Gasteiger partial charge in [0.1, 0.15) is 5.75 Å². The fourth-order valence-electron chi connectivity index (χ4n) is 3.76. The van der Waals surface area contributed by atoms with Gasteiger partial charge in [0.15, 0.2) is 6.61 Å². The highest BCUT2D eigenvalue weighted by molar-refractivity contribution is 14.1. The van der Waals surface area contributed by atoms with Crippen molar-refractivity contribution in [2.45, 2.75) is 0 Å².